The molecule has 2 unspecified atom stereocenters. The topological polar surface area (TPSA) is 12.5 Å². The molecule has 1 spiro atoms. The van der Waals surface area contributed by atoms with E-state index in [0.717, 1.165) is 0 Å². The van der Waals surface area contributed by atoms with Crippen LogP contribution in [0.2, 0.25) is 0 Å². The number of rotatable bonds is 1. The highest BCUT2D eigenvalue weighted by molar-refractivity contribution is 4.95. The van der Waals surface area contributed by atoms with E-state index in [1.807, 2.05) is 7.11 Å². The lowest BCUT2D eigenvalue weighted by Gasteiger charge is -2.22. The molecule has 2 heteroatoms. The molecule has 2 aliphatic rings. The predicted molar refractivity (Wildman–Crippen MR) is 49.2 cm³/mol. The van der Waals surface area contributed by atoms with Crippen LogP contribution in [0.5, 0.6) is 0 Å². The van der Waals surface area contributed by atoms with Gasteiger partial charge in [-0.3, -0.25) is 0 Å². The summed E-state index contributed by atoms with van der Waals surface area (Å²) in [5.74, 6) is 0. The molecule has 1 saturated carbocycles. The van der Waals surface area contributed by atoms with Crippen LogP contribution >= 0.6 is 0 Å². The number of hydrogen-bond donors (Lipinski definition) is 0. The van der Waals surface area contributed by atoms with Crippen molar-refractivity contribution in [2.75, 3.05) is 27.2 Å². The van der Waals surface area contributed by atoms with Crippen LogP contribution in [0, 0.1) is 5.41 Å². The zero-order valence-corrected chi connectivity index (χ0v) is 8.18. The summed E-state index contributed by atoms with van der Waals surface area (Å²) in [6.07, 6.45) is 5.91. The first-order valence-corrected chi connectivity index (χ1v) is 4.95. The number of hydrogen-bond acceptors (Lipinski definition) is 2. The molecular formula is C10H19NO. The largest absolute Gasteiger partial charge is 0.381 e. The third-order valence-corrected chi connectivity index (χ3v) is 3.62. The van der Waals surface area contributed by atoms with Crippen LogP contribution in [0.3, 0.4) is 0 Å². The Hall–Kier alpha value is -0.0800. The van der Waals surface area contributed by atoms with E-state index < -0.39 is 0 Å². The molecule has 0 aromatic heterocycles. The molecule has 0 aromatic carbocycles. The second kappa shape index (κ2) is 3.00. The molecule has 0 N–H and O–H groups in total. The lowest BCUT2D eigenvalue weighted by molar-refractivity contribution is 0.0962. The van der Waals surface area contributed by atoms with E-state index in [-0.39, 0.29) is 0 Å². The van der Waals surface area contributed by atoms with E-state index >= 15 is 0 Å². The van der Waals surface area contributed by atoms with Gasteiger partial charge >= 0.3 is 0 Å². The van der Waals surface area contributed by atoms with Crippen molar-refractivity contribution in [2.24, 2.45) is 5.41 Å². The monoisotopic (exact) mass is 169 g/mol. The predicted octanol–water partition coefficient (Wildman–Crippen LogP) is 1.51. The number of ether oxygens (including phenoxy) is 1. The minimum atomic E-state index is 0.552. The Bertz CT molecular complexity index is 171. The summed E-state index contributed by atoms with van der Waals surface area (Å²) >= 11 is 0. The van der Waals surface area contributed by atoms with Crippen molar-refractivity contribution in [1.29, 1.82) is 0 Å². The van der Waals surface area contributed by atoms with Crippen LogP contribution in [0.15, 0.2) is 0 Å². The maximum atomic E-state index is 5.41. The second-order valence-electron chi connectivity index (χ2n) is 4.59. The Morgan fingerprint density at radius 3 is 2.75 bits per heavy atom. The van der Waals surface area contributed by atoms with Gasteiger partial charge in [0, 0.05) is 13.7 Å². The van der Waals surface area contributed by atoms with Crippen molar-refractivity contribution in [3.05, 3.63) is 0 Å². The Morgan fingerprint density at radius 2 is 2.25 bits per heavy atom. The molecule has 1 aliphatic heterocycles. The molecule has 0 bridgehead atoms. The molecule has 2 nitrogen and oxygen atoms in total. The van der Waals surface area contributed by atoms with Gasteiger partial charge < -0.3 is 9.64 Å². The lowest BCUT2D eigenvalue weighted by Crippen LogP contribution is -2.23. The van der Waals surface area contributed by atoms with E-state index in [2.05, 4.69) is 11.9 Å². The maximum absolute atomic E-state index is 5.41. The third-order valence-electron chi connectivity index (χ3n) is 3.62. The summed E-state index contributed by atoms with van der Waals surface area (Å²) in [5.41, 5.74) is 0.634. The highest BCUT2D eigenvalue weighted by Gasteiger charge is 2.42. The standard InChI is InChI=1S/C10H19NO/c1-11-6-5-10(8-11)4-3-9(7-10)12-2/h9H,3-8H2,1-2H3. The van der Waals surface area contributed by atoms with Crippen molar-refractivity contribution < 1.29 is 4.74 Å². The van der Waals surface area contributed by atoms with Crippen LogP contribution in [-0.4, -0.2) is 38.3 Å². The smallest absolute Gasteiger partial charge is 0.0577 e. The molecule has 2 rings (SSSR count). The zero-order valence-electron chi connectivity index (χ0n) is 8.18. The van der Waals surface area contributed by atoms with Crippen molar-refractivity contribution in [3.8, 4) is 0 Å². The van der Waals surface area contributed by atoms with E-state index in [0.29, 0.717) is 11.5 Å². The van der Waals surface area contributed by atoms with Gasteiger partial charge in [0.25, 0.3) is 0 Å². The van der Waals surface area contributed by atoms with E-state index in [1.165, 1.54) is 38.8 Å². The van der Waals surface area contributed by atoms with Gasteiger partial charge in [-0.1, -0.05) is 0 Å². The lowest BCUT2D eigenvalue weighted by atomic mass is 9.85. The Labute approximate surface area is 74.9 Å². The maximum Gasteiger partial charge on any atom is 0.0577 e. The van der Waals surface area contributed by atoms with Crippen molar-refractivity contribution in [1.82, 2.24) is 4.90 Å². The van der Waals surface area contributed by atoms with Gasteiger partial charge in [-0.15, -0.1) is 0 Å². The zero-order chi connectivity index (χ0) is 8.60. The fraction of sp³-hybridized carbons (Fsp3) is 1.00. The Kier molecular flexibility index (Phi) is 2.13. The summed E-state index contributed by atoms with van der Waals surface area (Å²) < 4.78 is 5.41. The van der Waals surface area contributed by atoms with Crippen molar-refractivity contribution >= 4 is 0 Å². The van der Waals surface area contributed by atoms with E-state index in [1.54, 1.807) is 0 Å². The fourth-order valence-electron chi connectivity index (χ4n) is 2.88. The summed E-state index contributed by atoms with van der Waals surface area (Å²) in [6.45, 7) is 2.59. The average molecular weight is 169 g/mol. The molecule has 2 atom stereocenters. The molecule has 2 fully saturated rings. The summed E-state index contributed by atoms with van der Waals surface area (Å²) in [5, 5.41) is 0. The third kappa shape index (κ3) is 1.38. The van der Waals surface area contributed by atoms with Gasteiger partial charge in [-0.2, -0.15) is 0 Å². The SMILES string of the molecule is COC1CCC2(CCN(C)C2)C1. The molecular weight excluding hydrogens is 150 g/mol. The van der Waals surface area contributed by atoms with Crippen molar-refractivity contribution in [3.63, 3.8) is 0 Å². The minimum Gasteiger partial charge on any atom is -0.381 e. The van der Waals surface area contributed by atoms with Gasteiger partial charge in [0.05, 0.1) is 6.10 Å². The van der Waals surface area contributed by atoms with Crippen LogP contribution in [0.4, 0.5) is 0 Å². The van der Waals surface area contributed by atoms with E-state index in [4.69, 9.17) is 4.74 Å². The van der Waals surface area contributed by atoms with Crippen LogP contribution in [-0.2, 0) is 4.74 Å². The second-order valence-corrected chi connectivity index (χ2v) is 4.59. The van der Waals surface area contributed by atoms with Crippen LogP contribution in [0.25, 0.3) is 0 Å². The highest BCUT2D eigenvalue weighted by Crippen LogP contribution is 2.45. The molecule has 0 radical (unpaired) electrons. The first-order chi connectivity index (χ1) is 5.74. The van der Waals surface area contributed by atoms with Gasteiger partial charge in [-0.05, 0) is 44.7 Å². The van der Waals surface area contributed by atoms with Crippen LogP contribution in [0.1, 0.15) is 25.7 Å². The molecule has 70 valence electrons. The Morgan fingerprint density at radius 1 is 1.42 bits per heavy atom. The Balaban J connectivity index is 1.97. The fourth-order valence-corrected chi connectivity index (χ4v) is 2.88. The van der Waals surface area contributed by atoms with Crippen LogP contribution < -0.4 is 0 Å². The van der Waals surface area contributed by atoms with Gasteiger partial charge in [-0.25, -0.2) is 0 Å². The molecule has 12 heavy (non-hydrogen) atoms. The first kappa shape index (κ1) is 8.52. The molecule has 0 aromatic rings. The molecule has 1 aliphatic carbocycles. The molecule has 1 saturated heterocycles. The number of likely N-dealkylation sites (tertiary alicyclic amines) is 1. The van der Waals surface area contributed by atoms with Gasteiger partial charge in [0.2, 0.25) is 0 Å². The van der Waals surface area contributed by atoms with Crippen molar-refractivity contribution in [2.45, 2.75) is 31.8 Å². The van der Waals surface area contributed by atoms with Gasteiger partial charge in [0.15, 0.2) is 0 Å². The summed E-state index contributed by atoms with van der Waals surface area (Å²) in [4.78, 5) is 2.46. The average Bonchev–Trinajstić information content (AvgIpc) is 2.61. The molecule has 1 heterocycles. The number of nitrogens with zero attached hydrogens (tertiary/aromatic N) is 1. The van der Waals surface area contributed by atoms with E-state index in [9.17, 15) is 0 Å². The first-order valence-electron chi connectivity index (χ1n) is 4.95. The summed E-state index contributed by atoms with van der Waals surface area (Å²) in [6, 6.07) is 0. The normalized spacial score (nSPS) is 43.0. The summed E-state index contributed by atoms with van der Waals surface area (Å²) in [7, 11) is 4.08. The van der Waals surface area contributed by atoms with Gasteiger partial charge in [0.1, 0.15) is 0 Å². The molecule has 0 amide bonds. The number of methoxy groups -OCH3 is 1. The highest BCUT2D eigenvalue weighted by atomic mass is 16.5. The minimum absolute atomic E-state index is 0.552. The quantitative estimate of drug-likeness (QED) is 0.590.